The summed E-state index contributed by atoms with van der Waals surface area (Å²) in [6.45, 7) is 0. The van der Waals surface area contributed by atoms with E-state index < -0.39 is 17.9 Å². The van der Waals surface area contributed by atoms with Crippen molar-refractivity contribution >= 4 is 43.8 Å². The van der Waals surface area contributed by atoms with E-state index >= 15 is 0 Å². The normalized spacial score (nSPS) is 11.9. The Morgan fingerprint density at radius 2 is 1.84 bits per heavy atom. The molecular formula is C12H12Br2O5. The number of benzene rings is 1. The van der Waals surface area contributed by atoms with E-state index in [1.807, 2.05) is 0 Å². The number of carboxylic acids is 1. The summed E-state index contributed by atoms with van der Waals surface area (Å²) < 4.78 is 5.53. The number of phenols is 1. The Morgan fingerprint density at radius 3 is 2.26 bits per heavy atom. The molecule has 0 aliphatic carbocycles. The maximum absolute atomic E-state index is 11.5. The minimum atomic E-state index is -1.06. The molecule has 1 aromatic rings. The van der Waals surface area contributed by atoms with Crippen LogP contribution in [-0.2, 0) is 20.7 Å². The largest absolute Gasteiger partial charge is 0.506 e. The van der Waals surface area contributed by atoms with Crippen LogP contribution in [0, 0.1) is 5.92 Å². The van der Waals surface area contributed by atoms with Gasteiger partial charge in [-0.25, -0.2) is 0 Å². The second kappa shape index (κ2) is 6.91. The zero-order valence-electron chi connectivity index (χ0n) is 10.0. The van der Waals surface area contributed by atoms with Gasteiger partial charge in [-0.15, -0.1) is 0 Å². The van der Waals surface area contributed by atoms with Crippen LogP contribution in [0.1, 0.15) is 12.0 Å². The van der Waals surface area contributed by atoms with Gasteiger partial charge in [-0.1, -0.05) is 0 Å². The highest BCUT2D eigenvalue weighted by molar-refractivity contribution is 9.11. The number of phenolic OH excluding ortho intramolecular Hbond substituents is 1. The Labute approximate surface area is 126 Å². The van der Waals surface area contributed by atoms with E-state index in [2.05, 4.69) is 36.6 Å². The first-order chi connectivity index (χ1) is 8.85. The number of rotatable bonds is 5. The lowest BCUT2D eigenvalue weighted by molar-refractivity contribution is -0.150. The minimum Gasteiger partial charge on any atom is -0.506 e. The number of halogens is 2. The Bertz CT molecular complexity index is 478. The maximum Gasteiger partial charge on any atom is 0.309 e. The first kappa shape index (κ1) is 16.0. The number of carboxylic acid groups (broad SMARTS) is 1. The van der Waals surface area contributed by atoms with Crippen molar-refractivity contribution in [2.24, 2.45) is 5.92 Å². The third kappa shape index (κ3) is 4.50. The number of ether oxygens (including phenoxy) is 1. The molecule has 0 spiro atoms. The quantitative estimate of drug-likeness (QED) is 0.749. The third-order valence-corrected chi connectivity index (χ3v) is 3.72. The van der Waals surface area contributed by atoms with Crippen molar-refractivity contribution in [2.45, 2.75) is 12.8 Å². The summed E-state index contributed by atoms with van der Waals surface area (Å²) in [7, 11) is 1.22. The number of hydrogen-bond acceptors (Lipinski definition) is 4. The molecule has 104 valence electrons. The van der Waals surface area contributed by atoms with Crippen LogP contribution in [0.5, 0.6) is 5.75 Å². The van der Waals surface area contributed by atoms with Gasteiger partial charge in [-0.05, 0) is 56.0 Å². The molecule has 1 rings (SSSR count). The molecule has 1 aromatic carbocycles. The van der Waals surface area contributed by atoms with Crippen molar-refractivity contribution in [3.63, 3.8) is 0 Å². The zero-order chi connectivity index (χ0) is 14.6. The van der Waals surface area contributed by atoms with Gasteiger partial charge in [-0.3, -0.25) is 9.59 Å². The van der Waals surface area contributed by atoms with Crippen LogP contribution in [0.4, 0.5) is 0 Å². The summed E-state index contributed by atoms with van der Waals surface area (Å²) >= 11 is 6.36. The first-order valence-electron chi connectivity index (χ1n) is 5.31. The van der Waals surface area contributed by atoms with E-state index in [9.17, 15) is 14.7 Å². The van der Waals surface area contributed by atoms with Crippen LogP contribution >= 0.6 is 31.9 Å². The van der Waals surface area contributed by atoms with Gasteiger partial charge in [0.25, 0.3) is 0 Å². The zero-order valence-corrected chi connectivity index (χ0v) is 13.2. The molecule has 5 nitrogen and oxygen atoms in total. The number of aliphatic carboxylic acids is 1. The molecular weight excluding hydrogens is 384 g/mol. The number of aromatic hydroxyl groups is 1. The smallest absolute Gasteiger partial charge is 0.309 e. The van der Waals surface area contributed by atoms with Gasteiger partial charge in [-0.2, -0.15) is 0 Å². The van der Waals surface area contributed by atoms with Crippen molar-refractivity contribution in [3.8, 4) is 5.75 Å². The molecule has 19 heavy (non-hydrogen) atoms. The Hall–Kier alpha value is -1.08. The molecule has 0 fully saturated rings. The van der Waals surface area contributed by atoms with Gasteiger partial charge in [0.1, 0.15) is 5.75 Å². The van der Waals surface area contributed by atoms with Crippen LogP contribution in [-0.4, -0.2) is 29.3 Å². The van der Waals surface area contributed by atoms with Gasteiger partial charge in [0, 0.05) is 0 Å². The molecule has 0 bridgehead atoms. The maximum atomic E-state index is 11.5. The fourth-order valence-corrected chi connectivity index (χ4v) is 2.92. The highest BCUT2D eigenvalue weighted by Gasteiger charge is 2.23. The van der Waals surface area contributed by atoms with Crippen LogP contribution in [0.2, 0.25) is 0 Å². The SMILES string of the molecule is COC(=O)[C@@H](CC(=O)O)Cc1cc(Br)c(O)c(Br)c1. The molecule has 0 amide bonds. The topological polar surface area (TPSA) is 83.8 Å². The average molecular weight is 396 g/mol. The molecule has 0 saturated carbocycles. The fourth-order valence-electron chi connectivity index (χ4n) is 1.64. The summed E-state index contributed by atoms with van der Waals surface area (Å²) in [6.07, 6.45) is -0.0841. The summed E-state index contributed by atoms with van der Waals surface area (Å²) in [6, 6.07) is 3.27. The predicted octanol–water partition coefficient (Wildman–Crippen LogP) is 2.72. The number of methoxy groups -OCH3 is 1. The predicted molar refractivity (Wildman–Crippen MR) is 75.0 cm³/mol. The molecule has 0 aromatic heterocycles. The molecule has 0 radical (unpaired) electrons. The highest BCUT2D eigenvalue weighted by atomic mass is 79.9. The second-order valence-corrected chi connectivity index (χ2v) is 5.64. The molecule has 2 N–H and O–H groups in total. The highest BCUT2D eigenvalue weighted by Crippen LogP contribution is 2.34. The van der Waals surface area contributed by atoms with E-state index in [0.29, 0.717) is 14.5 Å². The average Bonchev–Trinajstić information content (AvgIpc) is 2.33. The van der Waals surface area contributed by atoms with Gasteiger partial charge >= 0.3 is 11.9 Å². The molecule has 0 heterocycles. The van der Waals surface area contributed by atoms with E-state index in [1.165, 1.54) is 7.11 Å². The van der Waals surface area contributed by atoms with Crippen molar-refractivity contribution in [1.82, 2.24) is 0 Å². The Morgan fingerprint density at radius 1 is 1.32 bits per heavy atom. The fraction of sp³-hybridized carbons (Fsp3) is 0.333. The summed E-state index contributed by atoms with van der Waals surface area (Å²) in [4.78, 5) is 22.3. The number of carbonyl (C=O) groups is 2. The van der Waals surface area contributed by atoms with Gasteiger partial charge in [0.15, 0.2) is 0 Å². The minimum absolute atomic E-state index is 0.0524. The second-order valence-electron chi connectivity index (χ2n) is 3.93. The molecule has 0 saturated heterocycles. The molecule has 7 heteroatoms. The molecule has 0 unspecified atom stereocenters. The molecule has 1 atom stereocenters. The lowest BCUT2D eigenvalue weighted by Gasteiger charge is -2.13. The molecule has 0 aliphatic heterocycles. The third-order valence-electron chi connectivity index (χ3n) is 2.51. The first-order valence-corrected chi connectivity index (χ1v) is 6.90. The lowest BCUT2D eigenvalue weighted by Crippen LogP contribution is -2.22. The number of hydrogen-bond donors (Lipinski definition) is 2. The standard InChI is InChI=1S/C12H12Br2O5/c1-19-12(18)7(5-10(15)16)2-6-3-8(13)11(17)9(14)4-6/h3-4,7,17H,2,5H2,1H3,(H,15,16)/t7-/m1/s1. The Balaban J connectivity index is 2.96. The molecule has 0 aliphatic rings. The van der Waals surface area contributed by atoms with Crippen molar-refractivity contribution in [2.75, 3.05) is 7.11 Å². The van der Waals surface area contributed by atoms with E-state index in [1.54, 1.807) is 12.1 Å². The number of carbonyl (C=O) groups excluding carboxylic acids is 1. The van der Waals surface area contributed by atoms with E-state index in [0.717, 1.165) is 0 Å². The monoisotopic (exact) mass is 394 g/mol. The van der Waals surface area contributed by atoms with Crippen molar-refractivity contribution in [3.05, 3.63) is 26.6 Å². The van der Waals surface area contributed by atoms with E-state index in [4.69, 9.17) is 5.11 Å². The van der Waals surface area contributed by atoms with Crippen LogP contribution < -0.4 is 0 Å². The number of esters is 1. The van der Waals surface area contributed by atoms with Gasteiger partial charge in [0.2, 0.25) is 0 Å². The Kier molecular flexibility index (Phi) is 5.81. The summed E-state index contributed by atoms with van der Waals surface area (Å²) in [5.41, 5.74) is 0.716. The summed E-state index contributed by atoms with van der Waals surface area (Å²) in [5, 5.41) is 18.4. The van der Waals surface area contributed by atoms with Crippen LogP contribution in [0.3, 0.4) is 0 Å². The van der Waals surface area contributed by atoms with Crippen molar-refractivity contribution < 1.29 is 24.5 Å². The lowest BCUT2D eigenvalue weighted by atomic mass is 9.96. The van der Waals surface area contributed by atoms with Crippen LogP contribution in [0.15, 0.2) is 21.1 Å². The van der Waals surface area contributed by atoms with Gasteiger partial charge < -0.3 is 14.9 Å². The van der Waals surface area contributed by atoms with E-state index in [-0.39, 0.29) is 18.6 Å². The van der Waals surface area contributed by atoms with Crippen LogP contribution in [0.25, 0.3) is 0 Å². The van der Waals surface area contributed by atoms with Gasteiger partial charge in [0.05, 0.1) is 28.4 Å². The van der Waals surface area contributed by atoms with Crippen molar-refractivity contribution in [1.29, 1.82) is 0 Å². The summed E-state index contributed by atoms with van der Waals surface area (Å²) in [5.74, 6) is -2.34.